The van der Waals surface area contributed by atoms with Gasteiger partial charge in [-0.05, 0) is 25.1 Å². The van der Waals surface area contributed by atoms with Crippen molar-refractivity contribution in [3.8, 4) is 21.8 Å². The van der Waals surface area contributed by atoms with E-state index in [1.807, 2.05) is 31.2 Å². The van der Waals surface area contributed by atoms with Gasteiger partial charge in [0.1, 0.15) is 11.5 Å². The predicted molar refractivity (Wildman–Crippen MR) is 98.0 cm³/mol. The highest BCUT2D eigenvalue weighted by atomic mass is 35.5. The molecule has 5 nitrogen and oxygen atoms in total. The van der Waals surface area contributed by atoms with Gasteiger partial charge in [-0.1, -0.05) is 17.7 Å². The van der Waals surface area contributed by atoms with Crippen LogP contribution in [0, 0.1) is 6.92 Å². The van der Waals surface area contributed by atoms with Crippen molar-refractivity contribution in [3.63, 3.8) is 0 Å². The third-order valence-electron chi connectivity index (χ3n) is 3.58. The standard InChI is InChI=1S/C17H12ClN5S/c1-9-21-7-13(24-9)17-16(22-8-14(19)23-17)11-5-10-3-2-4-20-15(10)12(18)6-11/h2-8H,1H3,(H2,19,23). The first-order chi connectivity index (χ1) is 11.6. The molecule has 0 fully saturated rings. The molecule has 0 aliphatic carbocycles. The lowest BCUT2D eigenvalue weighted by molar-refractivity contribution is 1.22. The summed E-state index contributed by atoms with van der Waals surface area (Å²) in [6, 6.07) is 7.71. The summed E-state index contributed by atoms with van der Waals surface area (Å²) >= 11 is 7.95. The largest absolute Gasteiger partial charge is 0.382 e. The number of pyridine rings is 1. The van der Waals surface area contributed by atoms with E-state index >= 15 is 0 Å². The molecule has 0 bridgehead atoms. The molecule has 3 aromatic heterocycles. The van der Waals surface area contributed by atoms with Crippen molar-refractivity contribution in [2.45, 2.75) is 6.92 Å². The number of fused-ring (bicyclic) bond motifs is 1. The monoisotopic (exact) mass is 353 g/mol. The fourth-order valence-electron chi connectivity index (χ4n) is 2.54. The zero-order valence-electron chi connectivity index (χ0n) is 12.7. The van der Waals surface area contributed by atoms with Crippen LogP contribution in [0.25, 0.3) is 32.7 Å². The Morgan fingerprint density at radius 3 is 2.75 bits per heavy atom. The Kier molecular flexibility index (Phi) is 3.63. The van der Waals surface area contributed by atoms with Gasteiger partial charge in [-0.25, -0.2) is 9.97 Å². The number of halogens is 1. The Labute approximate surface area is 147 Å². The van der Waals surface area contributed by atoms with E-state index < -0.39 is 0 Å². The lowest BCUT2D eigenvalue weighted by atomic mass is 10.1. The zero-order valence-corrected chi connectivity index (χ0v) is 14.3. The van der Waals surface area contributed by atoms with Crippen LogP contribution in [0.5, 0.6) is 0 Å². The van der Waals surface area contributed by atoms with Gasteiger partial charge in [-0.2, -0.15) is 0 Å². The summed E-state index contributed by atoms with van der Waals surface area (Å²) in [4.78, 5) is 18.5. The molecule has 0 amide bonds. The number of nitrogen functional groups attached to an aromatic ring is 1. The maximum Gasteiger partial charge on any atom is 0.142 e. The second kappa shape index (κ2) is 5.81. The number of benzene rings is 1. The van der Waals surface area contributed by atoms with Gasteiger partial charge in [-0.3, -0.25) is 9.97 Å². The van der Waals surface area contributed by atoms with Crippen LogP contribution in [0.15, 0.2) is 42.9 Å². The molecule has 7 heteroatoms. The van der Waals surface area contributed by atoms with Crippen molar-refractivity contribution in [2.75, 3.05) is 5.73 Å². The highest BCUT2D eigenvalue weighted by Gasteiger charge is 2.15. The van der Waals surface area contributed by atoms with Crippen LogP contribution >= 0.6 is 22.9 Å². The SMILES string of the molecule is Cc1ncc(-c2nc(N)cnc2-c2cc(Cl)c3ncccc3c2)s1. The van der Waals surface area contributed by atoms with Crippen molar-refractivity contribution >= 4 is 39.7 Å². The van der Waals surface area contributed by atoms with Gasteiger partial charge in [0.05, 0.1) is 32.3 Å². The van der Waals surface area contributed by atoms with Crippen molar-refractivity contribution in [1.29, 1.82) is 0 Å². The molecular weight excluding hydrogens is 342 g/mol. The molecule has 0 saturated heterocycles. The fraction of sp³-hybridized carbons (Fsp3) is 0.0588. The smallest absolute Gasteiger partial charge is 0.142 e. The number of hydrogen-bond donors (Lipinski definition) is 1. The summed E-state index contributed by atoms with van der Waals surface area (Å²) in [5.41, 5.74) is 8.91. The molecule has 0 unspecified atom stereocenters. The third kappa shape index (κ3) is 2.60. The second-order valence-corrected chi connectivity index (χ2v) is 6.91. The first-order valence-electron chi connectivity index (χ1n) is 7.22. The van der Waals surface area contributed by atoms with Crippen LogP contribution in [-0.4, -0.2) is 19.9 Å². The normalized spacial score (nSPS) is 11.1. The molecule has 4 rings (SSSR count). The maximum atomic E-state index is 6.40. The summed E-state index contributed by atoms with van der Waals surface area (Å²) in [7, 11) is 0. The number of nitrogens with zero attached hydrogens (tertiary/aromatic N) is 4. The van der Waals surface area contributed by atoms with Crippen LogP contribution in [0.2, 0.25) is 5.02 Å². The highest BCUT2D eigenvalue weighted by molar-refractivity contribution is 7.15. The van der Waals surface area contributed by atoms with Crippen molar-refractivity contribution in [2.24, 2.45) is 0 Å². The van der Waals surface area contributed by atoms with E-state index in [1.54, 1.807) is 29.9 Å². The molecule has 0 aliphatic heterocycles. The number of aromatic nitrogens is 4. The summed E-state index contributed by atoms with van der Waals surface area (Å²) in [6.45, 7) is 1.95. The van der Waals surface area contributed by atoms with Crippen LogP contribution in [0.4, 0.5) is 5.82 Å². The molecule has 2 N–H and O–H groups in total. The van der Waals surface area contributed by atoms with Gasteiger partial charge in [0.15, 0.2) is 0 Å². The molecular formula is C17H12ClN5S. The second-order valence-electron chi connectivity index (χ2n) is 5.27. The van der Waals surface area contributed by atoms with Crippen molar-refractivity contribution in [3.05, 3.63) is 52.9 Å². The Balaban J connectivity index is 1.97. The molecule has 24 heavy (non-hydrogen) atoms. The van der Waals surface area contributed by atoms with E-state index in [9.17, 15) is 0 Å². The van der Waals surface area contributed by atoms with Gasteiger partial charge in [0.25, 0.3) is 0 Å². The van der Waals surface area contributed by atoms with Gasteiger partial charge in [0, 0.05) is 23.3 Å². The summed E-state index contributed by atoms with van der Waals surface area (Å²) in [6.07, 6.45) is 5.06. The predicted octanol–water partition coefficient (Wildman–Crippen LogP) is 4.36. The Morgan fingerprint density at radius 1 is 1.08 bits per heavy atom. The highest BCUT2D eigenvalue weighted by Crippen LogP contribution is 2.35. The summed E-state index contributed by atoms with van der Waals surface area (Å²) in [5, 5.41) is 2.49. The first-order valence-corrected chi connectivity index (χ1v) is 8.41. The number of anilines is 1. The minimum absolute atomic E-state index is 0.369. The number of rotatable bonds is 2. The fourth-order valence-corrected chi connectivity index (χ4v) is 3.58. The van der Waals surface area contributed by atoms with Crippen LogP contribution in [0.3, 0.4) is 0 Å². The molecule has 0 saturated carbocycles. The molecule has 0 radical (unpaired) electrons. The van der Waals surface area contributed by atoms with E-state index in [1.165, 1.54) is 0 Å². The summed E-state index contributed by atoms with van der Waals surface area (Å²) < 4.78 is 0. The average Bonchev–Trinajstić information content (AvgIpc) is 3.01. The number of thiazole rings is 1. The molecule has 0 aliphatic rings. The van der Waals surface area contributed by atoms with Crippen molar-refractivity contribution < 1.29 is 0 Å². The van der Waals surface area contributed by atoms with Crippen LogP contribution in [-0.2, 0) is 0 Å². The quantitative estimate of drug-likeness (QED) is 0.579. The zero-order chi connectivity index (χ0) is 16.7. The minimum atomic E-state index is 0.369. The Hall–Kier alpha value is -2.57. The number of aryl methyl sites for hydroxylation is 1. The topological polar surface area (TPSA) is 77.6 Å². The number of nitrogens with two attached hydrogens (primary N) is 1. The summed E-state index contributed by atoms with van der Waals surface area (Å²) in [5.74, 6) is 0.369. The van der Waals surface area contributed by atoms with Crippen molar-refractivity contribution in [1.82, 2.24) is 19.9 Å². The molecule has 4 aromatic rings. The van der Waals surface area contributed by atoms with E-state index in [0.717, 1.165) is 32.0 Å². The average molecular weight is 354 g/mol. The number of hydrogen-bond acceptors (Lipinski definition) is 6. The third-order valence-corrected chi connectivity index (χ3v) is 4.79. The van der Waals surface area contributed by atoms with Gasteiger partial charge < -0.3 is 5.73 Å². The molecule has 1 aromatic carbocycles. The Bertz CT molecular complexity index is 1060. The lowest BCUT2D eigenvalue weighted by Crippen LogP contribution is -1.97. The lowest BCUT2D eigenvalue weighted by Gasteiger charge is -2.09. The minimum Gasteiger partial charge on any atom is -0.382 e. The molecule has 0 atom stereocenters. The maximum absolute atomic E-state index is 6.40. The van der Waals surface area contributed by atoms with E-state index in [0.29, 0.717) is 16.5 Å². The molecule has 118 valence electrons. The van der Waals surface area contributed by atoms with Gasteiger partial charge in [0.2, 0.25) is 0 Å². The van der Waals surface area contributed by atoms with E-state index in [2.05, 4.69) is 19.9 Å². The first kappa shape index (κ1) is 15.0. The molecule has 3 heterocycles. The van der Waals surface area contributed by atoms with E-state index in [-0.39, 0.29) is 0 Å². The Morgan fingerprint density at radius 2 is 1.96 bits per heavy atom. The molecule has 0 spiro atoms. The van der Waals surface area contributed by atoms with Gasteiger partial charge in [-0.15, -0.1) is 11.3 Å². The van der Waals surface area contributed by atoms with E-state index in [4.69, 9.17) is 17.3 Å². The van der Waals surface area contributed by atoms with Gasteiger partial charge >= 0.3 is 0 Å². The van der Waals surface area contributed by atoms with Crippen LogP contribution < -0.4 is 5.73 Å². The van der Waals surface area contributed by atoms with Crippen LogP contribution in [0.1, 0.15) is 5.01 Å².